The first kappa shape index (κ1) is 34.6. The standard InChI is InChI=1S/C40H42N6O6/c1-39(2,3)34-22-35(44-52-34)43-38(50)41-27-11-13-31-26(20-27)21-32(51-31)37(49)29-23-40(4)28(30(47)12-14-33(40)42-29)24-45-16-18-46(19-17-45)36(48)15-10-25-8-6-5-7-9-25/h5-15,20-23,28,42,47H,16-19,24H2,1-4H3,(H2,41,43,44,50)/b15-10+/t28?,40-/m1/s1. The Hall–Kier alpha value is -5.88. The molecule has 12 heteroatoms. The molecule has 4 heterocycles. The first-order valence-corrected chi connectivity index (χ1v) is 17.3. The molecule has 4 aromatic rings. The lowest BCUT2D eigenvalue weighted by Gasteiger charge is -2.41. The van der Waals surface area contributed by atoms with Gasteiger partial charge in [-0.15, -0.1) is 0 Å². The number of ketones is 1. The third-order valence-corrected chi connectivity index (χ3v) is 9.87. The van der Waals surface area contributed by atoms with Crippen molar-refractivity contribution in [3.05, 3.63) is 119 Å². The van der Waals surface area contributed by atoms with E-state index in [4.69, 9.17) is 8.94 Å². The van der Waals surface area contributed by atoms with Gasteiger partial charge < -0.3 is 29.6 Å². The third-order valence-electron chi connectivity index (χ3n) is 9.87. The van der Waals surface area contributed by atoms with Crippen molar-refractivity contribution in [2.75, 3.05) is 43.4 Å². The maximum atomic E-state index is 13.8. The lowest BCUT2D eigenvalue weighted by molar-refractivity contribution is -0.127. The molecule has 2 aromatic carbocycles. The molecule has 1 fully saturated rings. The van der Waals surface area contributed by atoms with Crippen LogP contribution >= 0.6 is 0 Å². The Balaban J connectivity index is 0.987. The minimum Gasteiger partial charge on any atom is -0.512 e. The maximum Gasteiger partial charge on any atom is 0.324 e. The number of anilines is 2. The summed E-state index contributed by atoms with van der Waals surface area (Å²) in [6.07, 6.45) is 8.82. The normalized spacial score (nSPS) is 20.6. The Morgan fingerprint density at radius 3 is 2.52 bits per heavy atom. The van der Waals surface area contributed by atoms with Gasteiger partial charge in [-0.05, 0) is 61.1 Å². The zero-order valence-corrected chi connectivity index (χ0v) is 29.6. The predicted molar refractivity (Wildman–Crippen MR) is 198 cm³/mol. The van der Waals surface area contributed by atoms with Gasteiger partial charge in [0.1, 0.15) is 11.3 Å². The van der Waals surface area contributed by atoms with Crippen LogP contribution in [0.15, 0.2) is 111 Å². The number of carbonyl (C=O) groups excluding carboxylic acids is 3. The summed E-state index contributed by atoms with van der Waals surface area (Å²) in [6.45, 7) is 11.0. The number of aliphatic hydroxyl groups is 1. The summed E-state index contributed by atoms with van der Waals surface area (Å²) in [5, 5.41) is 24.4. The quantitative estimate of drug-likeness (QED) is 0.114. The molecule has 4 N–H and O–H groups in total. The summed E-state index contributed by atoms with van der Waals surface area (Å²) in [5.41, 5.74) is 2.24. The van der Waals surface area contributed by atoms with Crippen molar-refractivity contribution in [3.8, 4) is 0 Å². The van der Waals surface area contributed by atoms with E-state index in [1.54, 1.807) is 42.5 Å². The number of rotatable bonds is 8. The van der Waals surface area contributed by atoms with Gasteiger partial charge >= 0.3 is 6.03 Å². The first-order valence-electron chi connectivity index (χ1n) is 17.3. The molecule has 3 amide bonds. The van der Waals surface area contributed by atoms with Crippen LogP contribution in [-0.2, 0) is 10.2 Å². The van der Waals surface area contributed by atoms with Gasteiger partial charge in [0.2, 0.25) is 11.7 Å². The summed E-state index contributed by atoms with van der Waals surface area (Å²) in [5.74, 6) is 0.686. The van der Waals surface area contributed by atoms with Crippen molar-refractivity contribution in [1.29, 1.82) is 0 Å². The monoisotopic (exact) mass is 702 g/mol. The molecule has 2 aliphatic heterocycles. The molecule has 2 aromatic heterocycles. The summed E-state index contributed by atoms with van der Waals surface area (Å²) in [4.78, 5) is 43.4. The third kappa shape index (κ3) is 7.15. The SMILES string of the molecule is CC(C)(C)c1cc(NC(=O)Nc2ccc3oc(C(=O)C4=C[C@@]5(C)C(=CC=C(O)C5CN5CCN(C(=O)/C=C/c6ccccc6)CC5)N4)cc3c2)no1. The molecule has 1 saturated heterocycles. The van der Waals surface area contributed by atoms with Gasteiger partial charge in [0, 0.05) is 78.4 Å². The summed E-state index contributed by atoms with van der Waals surface area (Å²) < 4.78 is 11.3. The molecule has 3 aliphatic rings. The molecule has 2 atom stereocenters. The van der Waals surface area contributed by atoms with Crippen LogP contribution < -0.4 is 16.0 Å². The Morgan fingerprint density at radius 1 is 1.02 bits per heavy atom. The molecule has 52 heavy (non-hydrogen) atoms. The van der Waals surface area contributed by atoms with Crippen LogP contribution in [-0.4, -0.2) is 70.5 Å². The van der Waals surface area contributed by atoms with Crippen molar-refractivity contribution in [1.82, 2.24) is 20.3 Å². The van der Waals surface area contributed by atoms with E-state index in [0.717, 1.165) is 11.3 Å². The van der Waals surface area contributed by atoms with E-state index in [2.05, 4.69) is 26.0 Å². The molecule has 1 aliphatic carbocycles. The average molecular weight is 703 g/mol. The number of urea groups is 1. The lowest BCUT2D eigenvalue weighted by Crippen LogP contribution is -2.51. The molecule has 0 spiro atoms. The highest BCUT2D eigenvalue weighted by Gasteiger charge is 2.46. The molecular formula is C40H42N6O6. The van der Waals surface area contributed by atoms with Crippen molar-refractivity contribution >= 4 is 46.3 Å². The van der Waals surface area contributed by atoms with Gasteiger partial charge in [-0.25, -0.2) is 4.79 Å². The van der Waals surface area contributed by atoms with Crippen molar-refractivity contribution < 1.29 is 28.4 Å². The number of amides is 3. The summed E-state index contributed by atoms with van der Waals surface area (Å²) in [7, 11) is 0. The zero-order valence-electron chi connectivity index (χ0n) is 29.6. The molecule has 1 unspecified atom stereocenters. The van der Waals surface area contributed by atoms with Crippen molar-refractivity contribution in [2.24, 2.45) is 11.3 Å². The number of benzene rings is 2. The first-order chi connectivity index (χ1) is 24.9. The Morgan fingerprint density at radius 2 is 1.79 bits per heavy atom. The topological polar surface area (TPSA) is 153 Å². The van der Waals surface area contributed by atoms with Crippen molar-refractivity contribution in [2.45, 2.75) is 33.1 Å². The van der Waals surface area contributed by atoms with Gasteiger partial charge in [-0.2, -0.15) is 0 Å². The van der Waals surface area contributed by atoms with Gasteiger partial charge in [-0.3, -0.25) is 19.8 Å². The number of furan rings is 1. The number of Topliss-reactive ketones (excluding diaryl/α,β-unsaturated/α-hetero) is 1. The zero-order chi connectivity index (χ0) is 36.6. The number of nitrogens with one attached hydrogen (secondary N) is 3. The van der Waals surface area contributed by atoms with E-state index in [-0.39, 0.29) is 34.5 Å². The van der Waals surface area contributed by atoms with Gasteiger partial charge in [-0.1, -0.05) is 56.3 Å². The van der Waals surface area contributed by atoms with Crippen LogP contribution in [0.3, 0.4) is 0 Å². The minimum atomic E-state index is -0.664. The smallest absolute Gasteiger partial charge is 0.324 e. The molecule has 12 nitrogen and oxygen atoms in total. The highest BCUT2D eigenvalue weighted by atomic mass is 16.5. The summed E-state index contributed by atoms with van der Waals surface area (Å²) in [6, 6.07) is 17.7. The second-order valence-electron chi connectivity index (χ2n) is 14.7. The van der Waals surface area contributed by atoms with Gasteiger partial charge in [0.25, 0.3) is 0 Å². The van der Waals surface area contributed by atoms with Crippen LogP contribution in [0.25, 0.3) is 17.0 Å². The average Bonchev–Trinajstić information content (AvgIpc) is 3.86. The van der Waals surface area contributed by atoms with Crippen LogP contribution in [0.4, 0.5) is 16.3 Å². The van der Waals surface area contributed by atoms with Gasteiger partial charge in [0.15, 0.2) is 11.6 Å². The second kappa shape index (κ2) is 13.7. The van der Waals surface area contributed by atoms with E-state index < -0.39 is 11.4 Å². The number of aromatic nitrogens is 1. The van der Waals surface area contributed by atoms with E-state index in [1.807, 2.05) is 81.2 Å². The van der Waals surface area contributed by atoms with Crippen LogP contribution in [0, 0.1) is 11.3 Å². The van der Waals surface area contributed by atoms with E-state index in [0.29, 0.717) is 66.7 Å². The Kier molecular flexibility index (Phi) is 9.09. The molecule has 7 rings (SSSR count). The number of nitrogens with zero attached hydrogens (tertiary/aromatic N) is 3. The number of piperazine rings is 1. The second-order valence-corrected chi connectivity index (χ2v) is 14.7. The molecular weight excluding hydrogens is 660 g/mol. The van der Waals surface area contributed by atoms with E-state index in [9.17, 15) is 19.5 Å². The Bertz CT molecular complexity index is 2140. The van der Waals surface area contributed by atoms with E-state index >= 15 is 0 Å². The highest BCUT2D eigenvalue weighted by molar-refractivity contribution is 6.09. The van der Waals surface area contributed by atoms with Crippen LogP contribution in [0.5, 0.6) is 0 Å². The fourth-order valence-corrected chi connectivity index (χ4v) is 6.78. The van der Waals surface area contributed by atoms with Gasteiger partial charge in [0.05, 0.1) is 11.5 Å². The van der Waals surface area contributed by atoms with E-state index in [1.165, 1.54) is 0 Å². The van der Waals surface area contributed by atoms with Crippen molar-refractivity contribution in [3.63, 3.8) is 0 Å². The highest BCUT2D eigenvalue weighted by Crippen LogP contribution is 2.47. The Labute approximate surface area is 301 Å². The maximum absolute atomic E-state index is 13.8. The van der Waals surface area contributed by atoms with Crippen LogP contribution in [0.2, 0.25) is 0 Å². The number of hydrogen-bond acceptors (Lipinski definition) is 9. The summed E-state index contributed by atoms with van der Waals surface area (Å²) >= 11 is 0. The largest absolute Gasteiger partial charge is 0.512 e. The molecule has 0 saturated carbocycles. The minimum absolute atomic E-state index is 0.0200. The fourth-order valence-electron chi connectivity index (χ4n) is 6.78. The molecule has 268 valence electrons. The number of carbonyl (C=O) groups is 3. The predicted octanol–water partition coefficient (Wildman–Crippen LogP) is 6.85. The van der Waals surface area contributed by atoms with Crippen LogP contribution in [0.1, 0.15) is 49.6 Å². The number of aliphatic hydroxyl groups excluding tert-OH is 1. The molecule has 0 radical (unpaired) electrons. The fraction of sp³-hybridized carbons (Fsp3) is 0.300. The lowest BCUT2D eigenvalue weighted by atomic mass is 9.71. The number of hydrogen-bond donors (Lipinski definition) is 4. The number of fused-ring (bicyclic) bond motifs is 2. The number of allylic oxidation sites excluding steroid dienone is 4. The molecule has 0 bridgehead atoms.